The van der Waals surface area contributed by atoms with Crippen molar-refractivity contribution in [2.75, 3.05) is 11.9 Å². The summed E-state index contributed by atoms with van der Waals surface area (Å²) in [4.78, 5) is 23.6. The molecule has 0 bridgehead atoms. The van der Waals surface area contributed by atoms with E-state index < -0.39 is 5.91 Å². The molecule has 0 aromatic carbocycles. The Bertz CT molecular complexity index is 208. The topological polar surface area (TPSA) is 63.4 Å². The second kappa shape index (κ2) is 3.89. The minimum absolute atomic E-state index is 0.0590. The molecular formula is C7H11BrN2O2. The highest BCUT2D eigenvalue weighted by Gasteiger charge is 2.31. The van der Waals surface area contributed by atoms with Crippen LogP contribution in [-0.2, 0) is 9.59 Å². The fourth-order valence-electron chi connectivity index (χ4n) is 1.44. The maximum Gasteiger partial charge on any atom is 0.240 e. The molecule has 2 N–H and O–H groups in total. The number of alkyl halides is 1. The molecule has 1 aliphatic rings. The lowest BCUT2D eigenvalue weighted by molar-refractivity contribution is -0.135. The first kappa shape index (κ1) is 9.51. The highest BCUT2D eigenvalue weighted by Crippen LogP contribution is 2.17. The van der Waals surface area contributed by atoms with E-state index in [4.69, 9.17) is 5.73 Å². The molecular weight excluding hydrogens is 224 g/mol. The van der Waals surface area contributed by atoms with Crippen molar-refractivity contribution in [3.05, 3.63) is 0 Å². The minimum atomic E-state index is -0.401. The van der Waals surface area contributed by atoms with Gasteiger partial charge in [0.15, 0.2) is 0 Å². The number of likely N-dealkylation sites (tertiary alicyclic amines) is 1. The summed E-state index contributed by atoms with van der Waals surface area (Å²) in [5, 5.41) is 0.261. The van der Waals surface area contributed by atoms with E-state index in [1.54, 1.807) is 0 Å². The molecule has 12 heavy (non-hydrogen) atoms. The molecule has 1 rings (SSSR count). The predicted octanol–water partition coefficient (Wildman–Crippen LogP) is -0.142. The van der Waals surface area contributed by atoms with Crippen LogP contribution in [0.1, 0.15) is 12.8 Å². The van der Waals surface area contributed by atoms with Gasteiger partial charge in [-0.2, -0.15) is 0 Å². The molecule has 1 unspecified atom stereocenters. The van der Waals surface area contributed by atoms with Crippen molar-refractivity contribution in [3.8, 4) is 0 Å². The van der Waals surface area contributed by atoms with Gasteiger partial charge in [-0.3, -0.25) is 9.59 Å². The molecule has 0 saturated carbocycles. The molecule has 1 atom stereocenters. The number of hydrogen-bond acceptors (Lipinski definition) is 2. The van der Waals surface area contributed by atoms with Crippen molar-refractivity contribution >= 4 is 27.7 Å². The summed E-state index contributed by atoms with van der Waals surface area (Å²) < 4.78 is 0. The average molecular weight is 235 g/mol. The summed E-state index contributed by atoms with van der Waals surface area (Å²) in [6.45, 7) is 0.651. The quantitative estimate of drug-likeness (QED) is 0.677. The lowest BCUT2D eigenvalue weighted by Crippen LogP contribution is -2.44. The summed E-state index contributed by atoms with van der Waals surface area (Å²) in [5.41, 5.74) is 5.13. The first-order valence-corrected chi connectivity index (χ1v) is 4.93. The number of nitrogens with two attached hydrogens (primary N) is 1. The summed E-state index contributed by atoms with van der Waals surface area (Å²) >= 11 is 3.06. The van der Waals surface area contributed by atoms with Gasteiger partial charge in [0.2, 0.25) is 11.8 Å². The van der Waals surface area contributed by atoms with Crippen molar-refractivity contribution in [2.45, 2.75) is 18.9 Å². The zero-order valence-corrected chi connectivity index (χ0v) is 8.21. The number of carbonyl (C=O) groups is 2. The van der Waals surface area contributed by atoms with E-state index in [0.29, 0.717) is 13.0 Å². The van der Waals surface area contributed by atoms with Gasteiger partial charge in [-0.1, -0.05) is 15.9 Å². The van der Waals surface area contributed by atoms with Crippen molar-refractivity contribution < 1.29 is 9.59 Å². The van der Waals surface area contributed by atoms with E-state index in [2.05, 4.69) is 15.9 Å². The second-order valence-electron chi connectivity index (χ2n) is 2.78. The number of hydrogen-bond donors (Lipinski definition) is 1. The maximum absolute atomic E-state index is 11.2. The molecule has 1 saturated heterocycles. The third-order valence-corrected chi connectivity index (χ3v) is 2.50. The van der Waals surface area contributed by atoms with E-state index in [0.717, 1.165) is 6.42 Å². The van der Waals surface area contributed by atoms with Gasteiger partial charge in [-0.25, -0.2) is 0 Å². The van der Waals surface area contributed by atoms with Gasteiger partial charge in [0.1, 0.15) is 6.04 Å². The van der Waals surface area contributed by atoms with Gasteiger partial charge in [-0.15, -0.1) is 0 Å². The van der Waals surface area contributed by atoms with Crippen LogP contribution in [0.3, 0.4) is 0 Å². The predicted molar refractivity (Wildman–Crippen MR) is 47.7 cm³/mol. The molecule has 0 spiro atoms. The molecule has 0 aliphatic carbocycles. The molecule has 68 valence electrons. The zero-order valence-electron chi connectivity index (χ0n) is 6.62. The smallest absolute Gasteiger partial charge is 0.240 e. The van der Waals surface area contributed by atoms with E-state index in [1.165, 1.54) is 4.90 Å². The normalized spacial score (nSPS) is 22.8. The molecule has 1 fully saturated rings. The summed E-state index contributed by atoms with van der Waals surface area (Å²) in [6.07, 6.45) is 1.57. The number of nitrogens with zero attached hydrogens (tertiary/aromatic N) is 1. The standard InChI is InChI=1S/C7H11BrN2O2/c8-4-6(11)10-3-1-2-5(10)7(9)12/h5H,1-4H2,(H2,9,12). The van der Waals surface area contributed by atoms with Gasteiger partial charge >= 0.3 is 0 Å². The lowest BCUT2D eigenvalue weighted by atomic mass is 10.2. The van der Waals surface area contributed by atoms with Crippen molar-refractivity contribution in [3.63, 3.8) is 0 Å². The molecule has 5 heteroatoms. The second-order valence-corrected chi connectivity index (χ2v) is 3.34. The Kier molecular flexibility index (Phi) is 3.08. The fraction of sp³-hybridized carbons (Fsp3) is 0.714. The van der Waals surface area contributed by atoms with Crippen LogP contribution in [0, 0.1) is 0 Å². The zero-order chi connectivity index (χ0) is 9.14. The molecule has 1 heterocycles. The van der Waals surface area contributed by atoms with E-state index >= 15 is 0 Å². The molecule has 2 amide bonds. The van der Waals surface area contributed by atoms with Crippen LogP contribution in [-0.4, -0.2) is 34.6 Å². The Morgan fingerprint density at radius 2 is 2.25 bits per heavy atom. The van der Waals surface area contributed by atoms with Gasteiger partial charge in [0.05, 0.1) is 5.33 Å². The number of primary amides is 1. The number of amides is 2. The van der Waals surface area contributed by atoms with Crippen LogP contribution < -0.4 is 5.73 Å². The van der Waals surface area contributed by atoms with Crippen LogP contribution in [0.4, 0.5) is 0 Å². The number of halogens is 1. The number of carbonyl (C=O) groups excluding carboxylic acids is 2. The lowest BCUT2D eigenvalue weighted by Gasteiger charge is -2.20. The van der Waals surface area contributed by atoms with Crippen molar-refractivity contribution in [1.82, 2.24) is 4.90 Å². The number of rotatable bonds is 2. The third kappa shape index (κ3) is 1.77. The van der Waals surface area contributed by atoms with Gasteiger partial charge in [0.25, 0.3) is 0 Å². The van der Waals surface area contributed by atoms with Crippen molar-refractivity contribution in [2.24, 2.45) is 5.73 Å². The van der Waals surface area contributed by atoms with Crippen molar-refractivity contribution in [1.29, 1.82) is 0 Å². The Morgan fingerprint density at radius 1 is 1.58 bits per heavy atom. The molecule has 0 aromatic heterocycles. The van der Waals surface area contributed by atoms with Gasteiger partial charge < -0.3 is 10.6 Å². The summed E-state index contributed by atoms with van der Waals surface area (Å²) in [7, 11) is 0. The molecule has 4 nitrogen and oxygen atoms in total. The van der Waals surface area contributed by atoms with Crippen LogP contribution >= 0.6 is 15.9 Å². The average Bonchev–Trinajstić information content (AvgIpc) is 2.50. The largest absolute Gasteiger partial charge is 0.368 e. The van der Waals surface area contributed by atoms with E-state index in [-0.39, 0.29) is 17.3 Å². The van der Waals surface area contributed by atoms with Crippen LogP contribution in [0.5, 0.6) is 0 Å². The molecule has 1 aliphatic heterocycles. The third-order valence-electron chi connectivity index (χ3n) is 2.02. The summed E-state index contributed by atoms with van der Waals surface area (Å²) in [5.74, 6) is -0.460. The minimum Gasteiger partial charge on any atom is -0.368 e. The van der Waals surface area contributed by atoms with E-state index in [1.807, 2.05) is 0 Å². The van der Waals surface area contributed by atoms with Crippen LogP contribution in [0.15, 0.2) is 0 Å². The Hall–Kier alpha value is -0.580. The maximum atomic E-state index is 11.2. The molecule has 0 aromatic rings. The Balaban J connectivity index is 2.63. The monoisotopic (exact) mass is 234 g/mol. The summed E-state index contributed by atoms with van der Waals surface area (Å²) in [6, 6.07) is -0.380. The van der Waals surface area contributed by atoms with Gasteiger partial charge in [-0.05, 0) is 12.8 Å². The first-order chi connectivity index (χ1) is 5.66. The SMILES string of the molecule is NC(=O)C1CCCN1C(=O)CBr. The highest BCUT2D eigenvalue weighted by molar-refractivity contribution is 9.09. The van der Waals surface area contributed by atoms with Gasteiger partial charge in [0, 0.05) is 6.54 Å². The Labute approximate surface area is 79.2 Å². The van der Waals surface area contributed by atoms with Crippen LogP contribution in [0.25, 0.3) is 0 Å². The Morgan fingerprint density at radius 3 is 2.75 bits per heavy atom. The highest BCUT2D eigenvalue weighted by atomic mass is 79.9. The fourth-order valence-corrected chi connectivity index (χ4v) is 1.76. The van der Waals surface area contributed by atoms with Crippen LogP contribution in [0.2, 0.25) is 0 Å². The molecule has 0 radical (unpaired) electrons. The first-order valence-electron chi connectivity index (χ1n) is 3.81. The van der Waals surface area contributed by atoms with E-state index in [9.17, 15) is 9.59 Å².